The number of halogens is 1. The van der Waals surface area contributed by atoms with E-state index in [4.69, 9.17) is 9.15 Å². The molecule has 1 N–H and O–H groups in total. The minimum absolute atomic E-state index is 0.157. The SMILES string of the molecule is COc1cc(Br)ccc1C(=O)NCCc1ccco1. The van der Waals surface area contributed by atoms with Gasteiger partial charge >= 0.3 is 0 Å². The second kappa shape index (κ2) is 6.43. The molecule has 0 spiro atoms. The summed E-state index contributed by atoms with van der Waals surface area (Å²) in [6.07, 6.45) is 2.28. The molecule has 5 heteroatoms. The van der Waals surface area contributed by atoms with Crippen molar-refractivity contribution in [2.45, 2.75) is 6.42 Å². The quantitative estimate of drug-likeness (QED) is 0.920. The van der Waals surface area contributed by atoms with Gasteiger partial charge in [0.2, 0.25) is 0 Å². The predicted molar refractivity (Wildman–Crippen MR) is 75.4 cm³/mol. The third-order valence-corrected chi connectivity index (χ3v) is 3.14. The van der Waals surface area contributed by atoms with Crippen molar-refractivity contribution in [1.29, 1.82) is 0 Å². The van der Waals surface area contributed by atoms with Gasteiger partial charge < -0.3 is 14.5 Å². The number of benzene rings is 1. The highest BCUT2D eigenvalue weighted by molar-refractivity contribution is 9.10. The lowest BCUT2D eigenvalue weighted by Gasteiger charge is -2.09. The minimum Gasteiger partial charge on any atom is -0.496 e. The molecule has 2 aromatic rings. The Kier molecular flexibility index (Phi) is 4.63. The Morgan fingerprint density at radius 2 is 2.26 bits per heavy atom. The van der Waals surface area contributed by atoms with Gasteiger partial charge in [0.1, 0.15) is 11.5 Å². The molecule has 0 aliphatic carbocycles. The zero-order valence-corrected chi connectivity index (χ0v) is 12.1. The molecule has 0 fully saturated rings. The Labute approximate surface area is 119 Å². The summed E-state index contributed by atoms with van der Waals surface area (Å²) in [6.45, 7) is 0.519. The lowest BCUT2D eigenvalue weighted by atomic mass is 10.2. The highest BCUT2D eigenvalue weighted by Gasteiger charge is 2.12. The van der Waals surface area contributed by atoms with Crippen LogP contribution in [0, 0.1) is 0 Å². The number of ether oxygens (including phenoxy) is 1. The van der Waals surface area contributed by atoms with E-state index in [2.05, 4.69) is 21.2 Å². The summed E-state index contributed by atoms with van der Waals surface area (Å²) < 4.78 is 11.3. The summed E-state index contributed by atoms with van der Waals surface area (Å²) in [7, 11) is 1.54. The Balaban J connectivity index is 1.96. The maximum Gasteiger partial charge on any atom is 0.255 e. The third-order valence-electron chi connectivity index (χ3n) is 2.65. The van der Waals surface area contributed by atoms with Gasteiger partial charge in [0.25, 0.3) is 5.91 Å². The molecule has 0 saturated heterocycles. The van der Waals surface area contributed by atoms with Crippen LogP contribution in [0.1, 0.15) is 16.1 Å². The summed E-state index contributed by atoms with van der Waals surface area (Å²) in [6, 6.07) is 9.01. The zero-order valence-electron chi connectivity index (χ0n) is 10.5. The monoisotopic (exact) mass is 323 g/mol. The van der Waals surface area contributed by atoms with Crippen molar-refractivity contribution in [1.82, 2.24) is 5.32 Å². The number of rotatable bonds is 5. The molecule has 4 nitrogen and oxygen atoms in total. The van der Waals surface area contributed by atoms with Crippen molar-refractivity contribution >= 4 is 21.8 Å². The van der Waals surface area contributed by atoms with Gasteiger partial charge in [-0.15, -0.1) is 0 Å². The van der Waals surface area contributed by atoms with E-state index in [1.165, 1.54) is 0 Å². The molecule has 1 amide bonds. The van der Waals surface area contributed by atoms with E-state index in [9.17, 15) is 4.79 Å². The molecule has 100 valence electrons. The number of carbonyl (C=O) groups is 1. The first kappa shape index (κ1) is 13.7. The number of amides is 1. The van der Waals surface area contributed by atoms with E-state index in [1.807, 2.05) is 18.2 Å². The molecule has 0 atom stereocenters. The number of nitrogens with one attached hydrogen (secondary N) is 1. The van der Waals surface area contributed by atoms with Crippen LogP contribution in [0.4, 0.5) is 0 Å². The summed E-state index contributed by atoms with van der Waals surface area (Å²) in [5.74, 6) is 1.24. The predicted octanol–water partition coefficient (Wildman–Crippen LogP) is 3.02. The zero-order chi connectivity index (χ0) is 13.7. The minimum atomic E-state index is -0.157. The lowest BCUT2D eigenvalue weighted by molar-refractivity contribution is 0.0950. The van der Waals surface area contributed by atoms with Crippen molar-refractivity contribution < 1.29 is 13.9 Å². The first-order valence-electron chi connectivity index (χ1n) is 5.85. The molecule has 1 heterocycles. The molecule has 19 heavy (non-hydrogen) atoms. The smallest absolute Gasteiger partial charge is 0.255 e. The fourth-order valence-corrected chi connectivity index (χ4v) is 2.04. The van der Waals surface area contributed by atoms with Crippen LogP contribution in [0.15, 0.2) is 45.5 Å². The van der Waals surface area contributed by atoms with Gasteiger partial charge in [0.15, 0.2) is 0 Å². The molecule has 0 radical (unpaired) electrons. The molecule has 1 aromatic heterocycles. The van der Waals surface area contributed by atoms with Crippen LogP contribution in [0.3, 0.4) is 0 Å². The normalized spacial score (nSPS) is 10.2. The van der Waals surface area contributed by atoms with Gasteiger partial charge in [0.05, 0.1) is 18.9 Å². The van der Waals surface area contributed by atoms with Crippen molar-refractivity contribution in [2.24, 2.45) is 0 Å². The van der Waals surface area contributed by atoms with Crippen molar-refractivity contribution in [3.05, 3.63) is 52.4 Å². The van der Waals surface area contributed by atoms with Crippen molar-refractivity contribution in [2.75, 3.05) is 13.7 Å². The number of carbonyl (C=O) groups excluding carboxylic acids is 1. The Hall–Kier alpha value is -1.75. The molecule has 2 rings (SSSR count). The average molecular weight is 324 g/mol. The van der Waals surface area contributed by atoms with Crippen molar-refractivity contribution in [3.63, 3.8) is 0 Å². The number of furan rings is 1. The summed E-state index contributed by atoms with van der Waals surface area (Å²) in [5.41, 5.74) is 0.519. The summed E-state index contributed by atoms with van der Waals surface area (Å²) in [5, 5.41) is 2.84. The van der Waals surface area contributed by atoms with Gasteiger partial charge in [-0.25, -0.2) is 0 Å². The Morgan fingerprint density at radius 1 is 1.42 bits per heavy atom. The van der Waals surface area contributed by atoms with Crippen LogP contribution in [-0.4, -0.2) is 19.6 Å². The van der Waals surface area contributed by atoms with Crippen LogP contribution in [0.2, 0.25) is 0 Å². The first-order chi connectivity index (χ1) is 9.20. The van der Waals surface area contributed by atoms with Crippen LogP contribution in [0.5, 0.6) is 5.75 Å². The second-order valence-electron chi connectivity index (χ2n) is 3.93. The molecular formula is C14H14BrNO3. The second-order valence-corrected chi connectivity index (χ2v) is 4.85. The fourth-order valence-electron chi connectivity index (χ4n) is 1.70. The molecular weight excluding hydrogens is 310 g/mol. The van der Waals surface area contributed by atoms with E-state index in [-0.39, 0.29) is 5.91 Å². The standard InChI is InChI=1S/C14H14BrNO3/c1-18-13-9-10(15)4-5-12(13)14(17)16-7-6-11-3-2-8-19-11/h2-5,8-9H,6-7H2,1H3,(H,16,17). The molecule has 0 aliphatic heterocycles. The maximum atomic E-state index is 12.0. The Bertz CT molecular complexity index is 552. The number of hydrogen-bond donors (Lipinski definition) is 1. The van der Waals surface area contributed by atoms with E-state index in [0.29, 0.717) is 24.3 Å². The van der Waals surface area contributed by atoms with E-state index < -0.39 is 0 Å². The van der Waals surface area contributed by atoms with E-state index >= 15 is 0 Å². The highest BCUT2D eigenvalue weighted by Crippen LogP contribution is 2.23. The molecule has 0 saturated carbocycles. The topological polar surface area (TPSA) is 51.5 Å². The first-order valence-corrected chi connectivity index (χ1v) is 6.64. The number of hydrogen-bond acceptors (Lipinski definition) is 3. The number of methoxy groups -OCH3 is 1. The maximum absolute atomic E-state index is 12.0. The molecule has 1 aromatic carbocycles. The van der Waals surface area contributed by atoms with E-state index in [1.54, 1.807) is 25.5 Å². The fraction of sp³-hybridized carbons (Fsp3) is 0.214. The lowest BCUT2D eigenvalue weighted by Crippen LogP contribution is -2.26. The molecule has 0 aliphatic rings. The van der Waals surface area contributed by atoms with Crippen molar-refractivity contribution in [3.8, 4) is 5.75 Å². The molecule has 0 bridgehead atoms. The summed E-state index contributed by atoms with van der Waals surface area (Å²) >= 11 is 3.34. The largest absolute Gasteiger partial charge is 0.496 e. The average Bonchev–Trinajstić information content (AvgIpc) is 2.91. The van der Waals surface area contributed by atoms with E-state index in [0.717, 1.165) is 10.2 Å². The summed E-state index contributed by atoms with van der Waals surface area (Å²) in [4.78, 5) is 12.0. The van der Waals surface area contributed by atoms with Gasteiger partial charge in [-0.2, -0.15) is 0 Å². The van der Waals surface area contributed by atoms with Gasteiger partial charge in [0, 0.05) is 17.4 Å². The van der Waals surface area contributed by atoms with Gasteiger partial charge in [-0.3, -0.25) is 4.79 Å². The van der Waals surface area contributed by atoms with Crippen LogP contribution in [0.25, 0.3) is 0 Å². The van der Waals surface area contributed by atoms with Crippen LogP contribution >= 0.6 is 15.9 Å². The molecule has 0 unspecified atom stereocenters. The third kappa shape index (κ3) is 3.61. The van der Waals surface area contributed by atoms with Gasteiger partial charge in [-0.05, 0) is 30.3 Å². The van der Waals surface area contributed by atoms with Crippen LogP contribution < -0.4 is 10.1 Å². The van der Waals surface area contributed by atoms with Crippen LogP contribution in [-0.2, 0) is 6.42 Å². The van der Waals surface area contributed by atoms with Gasteiger partial charge in [-0.1, -0.05) is 15.9 Å². The highest BCUT2D eigenvalue weighted by atomic mass is 79.9. The Morgan fingerprint density at radius 3 is 2.95 bits per heavy atom.